The molecular weight excluding hydrogens is 156 g/mol. The van der Waals surface area contributed by atoms with Gasteiger partial charge in [-0.3, -0.25) is 9.59 Å². The maximum absolute atomic E-state index is 10.9. The Kier molecular flexibility index (Phi) is 2.68. The minimum atomic E-state index is -0.404. The third-order valence-electron chi connectivity index (χ3n) is 2.04. The lowest BCUT2D eigenvalue weighted by Crippen LogP contribution is -2.49. The molecule has 12 heavy (non-hydrogen) atoms. The summed E-state index contributed by atoms with van der Waals surface area (Å²) >= 11 is 0. The lowest BCUT2D eigenvalue weighted by molar-refractivity contribution is -0.135. The fourth-order valence-corrected chi connectivity index (χ4v) is 1.24. The quantitative estimate of drug-likeness (QED) is 0.484. The molecule has 0 aromatic heterocycles. The fourth-order valence-electron chi connectivity index (χ4n) is 1.24. The summed E-state index contributed by atoms with van der Waals surface area (Å²) in [6.07, 6.45) is 0. The van der Waals surface area contributed by atoms with Crippen molar-refractivity contribution >= 4 is 11.8 Å². The van der Waals surface area contributed by atoms with Gasteiger partial charge < -0.3 is 9.80 Å². The third kappa shape index (κ3) is 1.96. The van der Waals surface area contributed by atoms with E-state index in [1.165, 1.54) is 6.92 Å². The van der Waals surface area contributed by atoms with Crippen molar-refractivity contribution in [2.24, 2.45) is 0 Å². The van der Waals surface area contributed by atoms with Gasteiger partial charge in [-0.2, -0.15) is 0 Å². The average Bonchev–Trinajstić information content (AvgIpc) is 2.04. The number of nitrogens with zero attached hydrogens (tertiary/aromatic N) is 2. The highest BCUT2D eigenvalue weighted by molar-refractivity contribution is 5.80. The van der Waals surface area contributed by atoms with Crippen LogP contribution in [0.2, 0.25) is 0 Å². The van der Waals surface area contributed by atoms with Crippen LogP contribution in [-0.4, -0.2) is 47.8 Å². The molecule has 2 amide bonds. The van der Waals surface area contributed by atoms with E-state index in [0.717, 1.165) is 0 Å². The van der Waals surface area contributed by atoms with Gasteiger partial charge in [0.05, 0.1) is 6.92 Å². The van der Waals surface area contributed by atoms with Gasteiger partial charge in [0, 0.05) is 33.1 Å². The summed E-state index contributed by atoms with van der Waals surface area (Å²) in [6.45, 7) is 8.89. The van der Waals surface area contributed by atoms with E-state index in [4.69, 9.17) is 6.92 Å². The van der Waals surface area contributed by atoms with Gasteiger partial charge in [0.25, 0.3) is 0 Å². The van der Waals surface area contributed by atoms with Crippen molar-refractivity contribution < 1.29 is 9.59 Å². The molecular formula is C8H12N2O2. The minimum absolute atomic E-state index is 0.0547. The van der Waals surface area contributed by atoms with Gasteiger partial charge >= 0.3 is 0 Å². The molecule has 0 saturated carbocycles. The number of carbonyl (C=O) groups excluding carboxylic acids is 2. The Labute approximate surface area is 72.1 Å². The second-order valence-corrected chi connectivity index (χ2v) is 2.83. The van der Waals surface area contributed by atoms with Gasteiger partial charge in [-0.1, -0.05) is 0 Å². The van der Waals surface area contributed by atoms with Crippen molar-refractivity contribution in [3.8, 4) is 0 Å². The molecule has 1 heterocycles. The molecule has 1 fully saturated rings. The predicted molar refractivity (Wildman–Crippen MR) is 43.1 cm³/mol. The fraction of sp³-hybridized carbons (Fsp3) is 0.625. The Balaban J connectivity index is 2.39. The molecule has 0 aromatic carbocycles. The lowest BCUT2D eigenvalue weighted by atomic mass is 10.3. The summed E-state index contributed by atoms with van der Waals surface area (Å²) in [5.74, 6) is -0.350. The first-order valence-corrected chi connectivity index (χ1v) is 3.91. The van der Waals surface area contributed by atoms with Gasteiger partial charge in [0.2, 0.25) is 11.8 Å². The van der Waals surface area contributed by atoms with Crippen LogP contribution in [0.4, 0.5) is 0 Å². The van der Waals surface area contributed by atoms with Gasteiger partial charge in [0.15, 0.2) is 0 Å². The van der Waals surface area contributed by atoms with Crippen molar-refractivity contribution in [3.05, 3.63) is 6.92 Å². The van der Waals surface area contributed by atoms with Crippen LogP contribution in [0.3, 0.4) is 0 Å². The zero-order valence-corrected chi connectivity index (χ0v) is 7.12. The molecule has 4 nitrogen and oxygen atoms in total. The van der Waals surface area contributed by atoms with Crippen LogP contribution in [0, 0.1) is 6.92 Å². The number of hydrogen-bond donors (Lipinski definition) is 0. The van der Waals surface area contributed by atoms with Crippen LogP contribution in [0.1, 0.15) is 6.92 Å². The van der Waals surface area contributed by atoms with E-state index in [0.29, 0.717) is 26.2 Å². The van der Waals surface area contributed by atoms with Crippen LogP contribution in [0.15, 0.2) is 0 Å². The maximum atomic E-state index is 10.9. The molecule has 1 aliphatic heterocycles. The second kappa shape index (κ2) is 3.56. The number of piperazine rings is 1. The van der Waals surface area contributed by atoms with Gasteiger partial charge in [-0.25, -0.2) is 0 Å². The monoisotopic (exact) mass is 168 g/mol. The Morgan fingerprint density at radius 3 is 1.83 bits per heavy atom. The number of rotatable bonds is 0. The van der Waals surface area contributed by atoms with E-state index in [9.17, 15) is 9.59 Å². The minimum Gasteiger partial charge on any atom is -0.339 e. The second-order valence-electron chi connectivity index (χ2n) is 2.83. The molecule has 0 atom stereocenters. The van der Waals surface area contributed by atoms with E-state index in [1.54, 1.807) is 9.80 Å². The van der Waals surface area contributed by atoms with Crippen molar-refractivity contribution in [2.75, 3.05) is 26.2 Å². The largest absolute Gasteiger partial charge is 0.339 e. The molecule has 4 heteroatoms. The number of carbonyl (C=O) groups is 2. The van der Waals surface area contributed by atoms with Crippen molar-refractivity contribution in [2.45, 2.75) is 6.92 Å². The van der Waals surface area contributed by atoms with E-state index in [-0.39, 0.29) is 5.91 Å². The van der Waals surface area contributed by atoms with Crippen molar-refractivity contribution in [1.29, 1.82) is 0 Å². The summed E-state index contributed by atoms with van der Waals surface area (Å²) in [6, 6.07) is 0. The third-order valence-corrected chi connectivity index (χ3v) is 2.04. The highest BCUT2D eigenvalue weighted by Gasteiger charge is 2.19. The number of hydrogen-bond acceptors (Lipinski definition) is 2. The SMILES string of the molecule is [CH]C(=O)N1CCN(C(C)=O)CC1. The molecule has 0 aliphatic carbocycles. The van der Waals surface area contributed by atoms with Crippen LogP contribution >= 0.6 is 0 Å². The van der Waals surface area contributed by atoms with Crippen molar-refractivity contribution in [1.82, 2.24) is 9.80 Å². The molecule has 0 unspecified atom stereocenters. The first-order valence-electron chi connectivity index (χ1n) is 3.91. The molecule has 0 bridgehead atoms. The Hall–Kier alpha value is -1.06. The summed E-state index contributed by atoms with van der Waals surface area (Å²) in [4.78, 5) is 24.8. The van der Waals surface area contributed by atoms with Gasteiger partial charge in [0.1, 0.15) is 0 Å². The van der Waals surface area contributed by atoms with Gasteiger partial charge in [-0.15, -0.1) is 0 Å². The average molecular weight is 168 g/mol. The van der Waals surface area contributed by atoms with Crippen LogP contribution < -0.4 is 0 Å². The summed E-state index contributed by atoms with van der Waals surface area (Å²) in [5.41, 5.74) is 0. The smallest absolute Gasteiger partial charge is 0.227 e. The van der Waals surface area contributed by atoms with E-state index >= 15 is 0 Å². The topological polar surface area (TPSA) is 40.6 Å². The molecule has 0 spiro atoms. The van der Waals surface area contributed by atoms with Crippen molar-refractivity contribution in [3.63, 3.8) is 0 Å². The molecule has 0 aromatic rings. The lowest BCUT2D eigenvalue weighted by Gasteiger charge is -2.33. The van der Waals surface area contributed by atoms with Crippen LogP contribution in [0.25, 0.3) is 0 Å². The normalized spacial score (nSPS) is 17.8. The van der Waals surface area contributed by atoms with Gasteiger partial charge in [-0.05, 0) is 0 Å². The first kappa shape index (κ1) is 9.03. The first-order chi connectivity index (χ1) is 5.61. The zero-order valence-electron chi connectivity index (χ0n) is 7.12. The maximum Gasteiger partial charge on any atom is 0.227 e. The number of amides is 2. The van der Waals surface area contributed by atoms with Crippen LogP contribution in [0.5, 0.6) is 0 Å². The highest BCUT2D eigenvalue weighted by atomic mass is 16.2. The molecule has 0 N–H and O–H groups in total. The molecule has 2 radical (unpaired) electrons. The Bertz CT molecular complexity index is 173. The summed E-state index contributed by atoms with van der Waals surface area (Å²) < 4.78 is 0. The van der Waals surface area contributed by atoms with E-state index in [1.807, 2.05) is 0 Å². The molecule has 1 rings (SSSR count). The van der Waals surface area contributed by atoms with E-state index < -0.39 is 5.91 Å². The summed E-state index contributed by atoms with van der Waals surface area (Å²) in [5, 5.41) is 0. The molecule has 66 valence electrons. The molecule has 1 aliphatic rings. The standard InChI is InChI=1S/C8H12N2O2/c1-7(11)9-3-5-10(6-4-9)8(2)12/h1H,3-6H2,2H3. The Morgan fingerprint density at radius 1 is 1.08 bits per heavy atom. The summed E-state index contributed by atoms with van der Waals surface area (Å²) in [7, 11) is 0. The Morgan fingerprint density at radius 2 is 1.50 bits per heavy atom. The van der Waals surface area contributed by atoms with Crippen LogP contribution in [-0.2, 0) is 9.59 Å². The zero-order chi connectivity index (χ0) is 9.14. The predicted octanol–water partition coefficient (Wildman–Crippen LogP) is -0.612. The van der Waals surface area contributed by atoms with E-state index in [2.05, 4.69) is 0 Å². The molecule has 1 saturated heterocycles. The highest BCUT2D eigenvalue weighted by Crippen LogP contribution is 2.01.